The lowest BCUT2D eigenvalue weighted by molar-refractivity contribution is -0.0532. The van der Waals surface area contributed by atoms with Gasteiger partial charge in [-0.1, -0.05) is 13.0 Å². The van der Waals surface area contributed by atoms with Gasteiger partial charge >= 0.3 is 0 Å². The van der Waals surface area contributed by atoms with E-state index in [1.54, 1.807) is 7.11 Å². The summed E-state index contributed by atoms with van der Waals surface area (Å²) in [5, 5.41) is 10.3. The second kappa shape index (κ2) is 7.20. The van der Waals surface area contributed by atoms with Crippen molar-refractivity contribution in [1.82, 2.24) is 0 Å². The van der Waals surface area contributed by atoms with Crippen LogP contribution < -0.4 is 0 Å². The summed E-state index contributed by atoms with van der Waals surface area (Å²) in [6, 6.07) is 0. The zero-order valence-electron chi connectivity index (χ0n) is 13.3. The third kappa shape index (κ3) is 4.89. The molecule has 0 unspecified atom stereocenters. The van der Waals surface area contributed by atoms with E-state index in [-0.39, 0.29) is 24.4 Å². The lowest BCUT2D eigenvalue weighted by atomic mass is 9.99. The zero-order chi connectivity index (χ0) is 15.3. The van der Waals surface area contributed by atoms with Crippen LogP contribution in [0.25, 0.3) is 0 Å². The molecule has 0 fully saturated rings. The molecule has 0 aromatic heterocycles. The number of aliphatic imine (C=N–C) groups is 1. The molecule has 0 amide bonds. The monoisotopic (exact) mass is 285 g/mol. The van der Waals surface area contributed by atoms with Gasteiger partial charge < -0.3 is 19.3 Å². The molecule has 5 nitrogen and oxygen atoms in total. The Bertz CT molecular complexity index is 376. The van der Waals surface area contributed by atoms with Crippen molar-refractivity contribution >= 4 is 5.90 Å². The quantitative estimate of drug-likeness (QED) is 0.575. The van der Waals surface area contributed by atoms with Gasteiger partial charge in [0, 0.05) is 13.0 Å². The predicted octanol–water partition coefficient (Wildman–Crippen LogP) is 2.15. The van der Waals surface area contributed by atoms with Crippen molar-refractivity contribution in [2.75, 3.05) is 20.5 Å². The molecule has 1 aliphatic rings. The van der Waals surface area contributed by atoms with E-state index in [2.05, 4.69) is 4.99 Å². The van der Waals surface area contributed by atoms with E-state index in [1.165, 1.54) is 0 Å². The Morgan fingerprint density at radius 3 is 2.65 bits per heavy atom. The van der Waals surface area contributed by atoms with Crippen molar-refractivity contribution in [3.63, 3.8) is 0 Å². The molecule has 3 atom stereocenters. The maximum absolute atomic E-state index is 10.3. The molecule has 0 aromatic rings. The molecule has 0 saturated heterocycles. The van der Waals surface area contributed by atoms with Gasteiger partial charge in [-0.15, -0.1) is 0 Å². The number of rotatable bonds is 7. The first kappa shape index (κ1) is 17.1. The van der Waals surface area contributed by atoms with Gasteiger partial charge in [-0.2, -0.15) is 0 Å². The van der Waals surface area contributed by atoms with Gasteiger partial charge in [0.05, 0.1) is 11.6 Å². The van der Waals surface area contributed by atoms with Crippen molar-refractivity contribution in [2.45, 2.75) is 52.4 Å². The fourth-order valence-corrected chi connectivity index (χ4v) is 1.93. The van der Waals surface area contributed by atoms with Crippen LogP contribution >= 0.6 is 0 Å². The Morgan fingerprint density at radius 1 is 1.50 bits per heavy atom. The molecule has 0 bridgehead atoms. The van der Waals surface area contributed by atoms with E-state index in [1.807, 2.05) is 40.7 Å². The van der Waals surface area contributed by atoms with Crippen LogP contribution in [0.3, 0.4) is 0 Å². The molecule has 20 heavy (non-hydrogen) atoms. The molecule has 1 rings (SSSR count). The maximum Gasteiger partial charge on any atom is 0.214 e. The summed E-state index contributed by atoms with van der Waals surface area (Å²) in [7, 11) is 1.59. The first-order valence-corrected chi connectivity index (χ1v) is 6.96. The largest absolute Gasteiger partial charge is 0.477 e. The Hall–Kier alpha value is -0.910. The third-order valence-electron chi connectivity index (χ3n) is 3.34. The highest BCUT2D eigenvalue weighted by atomic mass is 16.7. The van der Waals surface area contributed by atoms with E-state index in [4.69, 9.17) is 14.2 Å². The minimum absolute atomic E-state index is 0.0486. The molecule has 1 aliphatic heterocycles. The second-order valence-corrected chi connectivity index (χ2v) is 5.98. The Balaban J connectivity index is 2.63. The number of aliphatic hydroxyl groups is 1. The van der Waals surface area contributed by atoms with Crippen molar-refractivity contribution < 1.29 is 19.3 Å². The summed E-state index contributed by atoms with van der Waals surface area (Å²) in [6.45, 7) is 10.6. The topological polar surface area (TPSA) is 60.3 Å². The van der Waals surface area contributed by atoms with E-state index in [0.29, 0.717) is 12.5 Å². The van der Waals surface area contributed by atoms with Crippen LogP contribution in [0.15, 0.2) is 16.6 Å². The summed E-state index contributed by atoms with van der Waals surface area (Å²) in [4.78, 5) is 4.41. The van der Waals surface area contributed by atoms with Gasteiger partial charge in [0.25, 0.3) is 0 Å². The average molecular weight is 285 g/mol. The van der Waals surface area contributed by atoms with Gasteiger partial charge in [-0.3, -0.25) is 0 Å². The number of hydrogen-bond donors (Lipinski definition) is 1. The number of aliphatic hydroxyl groups excluding tert-OH is 1. The fourth-order valence-electron chi connectivity index (χ4n) is 1.93. The number of ether oxygens (including phenoxy) is 3. The fraction of sp³-hybridized carbons (Fsp3) is 0.800. The van der Waals surface area contributed by atoms with Gasteiger partial charge in [0.15, 0.2) is 0 Å². The zero-order valence-corrected chi connectivity index (χ0v) is 13.3. The number of nitrogens with zero attached hydrogens (tertiary/aromatic N) is 1. The van der Waals surface area contributed by atoms with Gasteiger partial charge in [-0.25, -0.2) is 4.99 Å². The summed E-state index contributed by atoms with van der Waals surface area (Å²) in [5.74, 6) is 0.341. The van der Waals surface area contributed by atoms with Crippen LogP contribution in [0.4, 0.5) is 0 Å². The highest BCUT2D eigenvalue weighted by Gasteiger charge is 2.32. The molecule has 0 spiro atoms. The normalized spacial score (nSPS) is 22.9. The van der Waals surface area contributed by atoms with Crippen LogP contribution in [0, 0.1) is 5.92 Å². The van der Waals surface area contributed by atoms with Crippen molar-refractivity contribution in [1.29, 1.82) is 0 Å². The molecular formula is C15H27NO4. The van der Waals surface area contributed by atoms with Crippen molar-refractivity contribution in [3.8, 4) is 0 Å². The van der Waals surface area contributed by atoms with E-state index < -0.39 is 6.10 Å². The summed E-state index contributed by atoms with van der Waals surface area (Å²) in [5.41, 5.74) is 0.801. The molecule has 0 radical (unpaired) electrons. The van der Waals surface area contributed by atoms with Gasteiger partial charge in [0.2, 0.25) is 5.90 Å². The molecule has 0 saturated carbocycles. The molecule has 0 aromatic carbocycles. The Kier molecular flexibility index (Phi) is 6.17. The van der Waals surface area contributed by atoms with E-state index in [9.17, 15) is 5.11 Å². The van der Waals surface area contributed by atoms with Crippen molar-refractivity contribution in [2.24, 2.45) is 10.9 Å². The molecule has 1 N–H and O–H groups in total. The summed E-state index contributed by atoms with van der Waals surface area (Å²) in [6.07, 6.45) is 1.22. The number of hydrogen-bond acceptors (Lipinski definition) is 5. The first-order chi connectivity index (χ1) is 9.26. The van der Waals surface area contributed by atoms with Gasteiger partial charge in [0.1, 0.15) is 19.5 Å². The summed E-state index contributed by atoms with van der Waals surface area (Å²) < 4.78 is 15.8. The van der Waals surface area contributed by atoms with E-state index in [0.717, 1.165) is 5.57 Å². The van der Waals surface area contributed by atoms with Crippen LogP contribution in [0.1, 0.15) is 34.6 Å². The average Bonchev–Trinajstić information content (AvgIpc) is 2.75. The van der Waals surface area contributed by atoms with Crippen LogP contribution in [-0.4, -0.2) is 49.3 Å². The minimum atomic E-state index is -0.721. The molecular weight excluding hydrogens is 258 g/mol. The predicted molar refractivity (Wildman–Crippen MR) is 78.8 cm³/mol. The smallest absolute Gasteiger partial charge is 0.214 e. The van der Waals surface area contributed by atoms with Crippen LogP contribution in [0.2, 0.25) is 0 Å². The lowest BCUT2D eigenvalue weighted by Gasteiger charge is -2.18. The van der Waals surface area contributed by atoms with Gasteiger partial charge in [-0.05, 0) is 33.3 Å². The van der Waals surface area contributed by atoms with Crippen molar-refractivity contribution in [3.05, 3.63) is 11.6 Å². The minimum Gasteiger partial charge on any atom is -0.477 e. The first-order valence-electron chi connectivity index (χ1n) is 6.96. The highest BCUT2D eigenvalue weighted by molar-refractivity contribution is 5.83. The summed E-state index contributed by atoms with van der Waals surface area (Å²) >= 11 is 0. The molecule has 116 valence electrons. The SMILES string of the molecule is COCO[C@@H](C)/C(C)=C/[C@@H](C)[C@H](O)C1=NC(C)(C)CO1. The molecule has 1 heterocycles. The lowest BCUT2D eigenvalue weighted by Crippen LogP contribution is -2.27. The molecule has 5 heteroatoms. The van der Waals surface area contributed by atoms with E-state index >= 15 is 0 Å². The standard InChI is InChI=1S/C15H27NO4/c1-10(12(3)20-9-18-6)7-11(2)13(17)14-16-15(4,5)8-19-14/h7,11-13,17H,8-9H2,1-6H3/b10-7+/t11-,12+,13+/m1/s1. The Labute approximate surface area is 121 Å². The highest BCUT2D eigenvalue weighted by Crippen LogP contribution is 2.22. The van der Waals surface area contributed by atoms with Crippen LogP contribution in [-0.2, 0) is 14.2 Å². The van der Waals surface area contributed by atoms with Crippen LogP contribution in [0.5, 0.6) is 0 Å². The Morgan fingerprint density at radius 2 is 2.15 bits per heavy atom. The molecule has 0 aliphatic carbocycles. The second-order valence-electron chi connectivity index (χ2n) is 5.98. The third-order valence-corrected chi connectivity index (χ3v) is 3.34. The maximum atomic E-state index is 10.3. The number of methoxy groups -OCH3 is 1.